The fourth-order valence-electron chi connectivity index (χ4n) is 4.57. The summed E-state index contributed by atoms with van der Waals surface area (Å²) in [5, 5.41) is 3.17. The van der Waals surface area contributed by atoms with Crippen LogP contribution in [0.4, 0.5) is 0 Å². The zero-order chi connectivity index (χ0) is 22.7. The van der Waals surface area contributed by atoms with Crippen LogP contribution in [0.2, 0.25) is 0 Å². The molecule has 0 radical (unpaired) electrons. The molecule has 5 rings (SSSR count). The van der Waals surface area contributed by atoms with Crippen molar-refractivity contribution in [2.45, 2.75) is 30.6 Å². The maximum atomic E-state index is 13.3. The average molecular weight is 477 g/mol. The minimum atomic E-state index is -3.61. The summed E-state index contributed by atoms with van der Waals surface area (Å²) in [4.78, 5) is 4.23. The summed E-state index contributed by atoms with van der Waals surface area (Å²) in [6.45, 7) is 3.20. The molecule has 0 atom stereocenters. The molecule has 2 aromatic heterocycles. The van der Waals surface area contributed by atoms with Crippen molar-refractivity contribution in [3.05, 3.63) is 94.8 Å². The van der Waals surface area contributed by atoms with Crippen LogP contribution < -0.4 is 0 Å². The first kappa shape index (κ1) is 22.1. The fourth-order valence-corrected chi connectivity index (χ4v) is 6.78. The van der Waals surface area contributed by atoms with Crippen molar-refractivity contribution in [2.24, 2.45) is 0 Å². The molecule has 4 aromatic rings. The van der Waals surface area contributed by atoms with E-state index in [1.807, 2.05) is 47.9 Å². The maximum absolute atomic E-state index is 13.3. The quantitative estimate of drug-likeness (QED) is 0.291. The summed E-state index contributed by atoms with van der Waals surface area (Å²) in [6.07, 6.45) is 8.33. The van der Waals surface area contributed by atoms with Gasteiger partial charge in [-0.15, -0.1) is 11.3 Å². The number of aromatic nitrogens is 1. The molecule has 6 heteroatoms. The van der Waals surface area contributed by atoms with Gasteiger partial charge in [-0.2, -0.15) is 0 Å². The number of hydrogen-bond acceptors (Lipinski definition) is 4. The third-order valence-electron chi connectivity index (χ3n) is 6.36. The highest BCUT2D eigenvalue weighted by Gasteiger charge is 2.21. The van der Waals surface area contributed by atoms with E-state index in [0.29, 0.717) is 4.90 Å². The molecule has 0 unspecified atom stereocenters. The molecule has 0 spiro atoms. The van der Waals surface area contributed by atoms with Gasteiger partial charge < -0.3 is 0 Å². The number of fused-ring (bicyclic) bond motifs is 1. The largest absolute Gasteiger partial charge is 0.299 e. The average Bonchev–Trinajstić information content (AvgIpc) is 3.52. The van der Waals surface area contributed by atoms with Crippen LogP contribution in [0.1, 0.15) is 29.7 Å². The first-order valence-corrected chi connectivity index (χ1v) is 13.8. The summed E-state index contributed by atoms with van der Waals surface area (Å²) < 4.78 is 28.0. The minimum absolute atomic E-state index is 0.317. The number of rotatable bonds is 8. The Balaban J connectivity index is 1.24. The predicted octanol–water partition coefficient (Wildman–Crippen LogP) is 6.05. The Morgan fingerprint density at radius 2 is 1.73 bits per heavy atom. The molecule has 0 amide bonds. The summed E-state index contributed by atoms with van der Waals surface area (Å²) >= 11 is 1.82. The van der Waals surface area contributed by atoms with Crippen LogP contribution in [0.5, 0.6) is 0 Å². The summed E-state index contributed by atoms with van der Waals surface area (Å²) in [7, 11) is -3.61. The fraction of sp³-hybridized carbons (Fsp3) is 0.259. The standard InChI is InChI=1S/C27H28N2O2S2/c30-33(31,24-10-2-1-3-11-24)29-21-23(25-12-4-5-13-26(25)29)9-6-7-17-28-18-15-22(16-19-28)27-14-8-20-32-27/h1-5,8,10-15,20-21H,6-7,9,16-19H2. The Hall–Kier alpha value is -2.67. The van der Waals surface area contributed by atoms with E-state index in [2.05, 4.69) is 28.5 Å². The van der Waals surface area contributed by atoms with E-state index in [9.17, 15) is 8.42 Å². The van der Waals surface area contributed by atoms with Crippen molar-refractivity contribution in [2.75, 3.05) is 19.6 Å². The number of aryl methyl sites for hydroxylation is 1. The van der Waals surface area contributed by atoms with Crippen LogP contribution in [-0.4, -0.2) is 36.9 Å². The molecule has 33 heavy (non-hydrogen) atoms. The van der Waals surface area contributed by atoms with Gasteiger partial charge in [0.05, 0.1) is 10.4 Å². The third kappa shape index (κ3) is 4.69. The van der Waals surface area contributed by atoms with E-state index in [1.165, 1.54) is 14.4 Å². The van der Waals surface area contributed by atoms with Crippen LogP contribution in [0.25, 0.3) is 16.5 Å². The Kier molecular flexibility index (Phi) is 6.49. The van der Waals surface area contributed by atoms with Gasteiger partial charge >= 0.3 is 0 Å². The number of para-hydroxylation sites is 1. The van der Waals surface area contributed by atoms with Gasteiger partial charge in [0, 0.05) is 29.5 Å². The SMILES string of the molecule is O=S(=O)(c1ccccc1)n1cc(CCCCN2CC=C(c3cccs3)CC2)c2ccccc21. The second-order valence-electron chi connectivity index (χ2n) is 8.50. The van der Waals surface area contributed by atoms with Crippen LogP contribution in [0.15, 0.2) is 89.3 Å². The monoisotopic (exact) mass is 476 g/mol. The van der Waals surface area contributed by atoms with Gasteiger partial charge in [-0.25, -0.2) is 12.4 Å². The first-order valence-electron chi connectivity index (χ1n) is 11.5. The van der Waals surface area contributed by atoms with Crippen molar-refractivity contribution in [3.63, 3.8) is 0 Å². The maximum Gasteiger partial charge on any atom is 0.268 e. The van der Waals surface area contributed by atoms with Crippen LogP contribution in [0.3, 0.4) is 0 Å². The Bertz CT molecular complexity index is 1350. The van der Waals surface area contributed by atoms with E-state index in [4.69, 9.17) is 0 Å². The van der Waals surface area contributed by atoms with E-state index in [1.54, 1.807) is 24.3 Å². The minimum Gasteiger partial charge on any atom is -0.299 e. The zero-order valence-electron chi connectivity index (χ0n) is 18.6. The van der Waals surface area contributed by atoms with Crippen molar-refractivity contribution in [3.8, 4) is 0 Å². The number of thiophene rings is 1. The van der Waals surface area contributed by atoms with Crippen molar-refractivity contribution < 1.29 is 8.42 Å². The van der Waals surface area contributed by atoms with Gasteiger partial charge in [-0.1, -0.05) is 48.5 Å². The van der Waals surface area contributed by atoms with Gasteiger partial charge in [0.15, 0.2) is 0 Å². The normalized spacial score (nSPS) is 15.1. The Morgan fingerprint density at radius 3 is 2.48 bits per heavy atom. The van der Waals surface area contributed by atoms with Crippen molar-refractivity contribution in [1.29, 1.82) is 0 Å². The van der Waals surface area contributed by atoms with Crippen molar-refractivity contribution in [1.82, 2.24) is 8.87 Å². The topological polar surface area (TPSA) is 42.3 Å². The highest BCUT2D eigenvalue weighted by Crippen LogP contribution is 2.28. The number of hydrogen-bond donors (Lipinski definition) is 0. The van der Waals surface area contributed by atoms with Crippen LogP contribution in [0, 0.1) is 0 Å². The smallest absolute Gasteiger partial charge is 0.268 e. The number of unbranched alkanes of at least 4 members (excludes halogenated alkanes) is 1. The molecule has 0 bridgehead atoms. The van der Waals surface area contributed by atoms with Gasteiger partial charge in [-0.3, -0.25) is 4.90 Å². The van der Waals surface area contributed by atoms with Gasteiger partial charge in [-0.05, 0) is 73.0 Å². The molecule has 4 nitrogen and oxygen atoms in total. The third-order valence-corrected chi connectivity index (χ3v) is 9.00. The van der Waals surface area contributed by atoms with Gasteiger partial charge in [0.1, 0.15) is 0 Å². The molecule has 0 saturated heterocycles. The van der Waals surface area contributed by atoms with Crippen LogP contribution >= 0.6 is 11.3 Å². The van der Waals surface area contributed by atoms with E-state index in [-0.39, 0.29) is 0 Å². The van der Waals surface area contributed by atoms with Gasteiger partial charge in [0.25, 0.3) is 10.0 Å². The molecule has 0 N–H and O–H groups in total. The number of benzene rings is 2. The first-order chi connectivity index (χ1) is 16.1. The highest BCUT2D eigenvalue weighted by molar-refractivity contribution is 7.90. The Labute approximate surface area is 199 Å². The zero-order valence-corrected chi connectivity index (χ0v) is 20.2. The van der Waals surface area contributed by atoms with Gasteiger partial charge in [0.2, 0.25) is 0 Å². The summed E-state index contributed by atoms with van der Waals surface area (Å²) in [5.74, 6) is 0. The molecule has 0 fully saturated rings. The molecular formula is C27H28N2O2S2. The highest BCUT2D eigenvalue weighted by atomic mass is 32.2. The molecule has 3 heterocycles. The van der Waals surface area contributed by atoms with Crippen molar-refractivity contribution >= 4 is 37.8 Å². The van der Waals surface area contributed by atoms with E-state index < -0.39 is 10.0 Å². The molecule has 2 aromatic carbocycles. The summed E-state index contributed by atoms with van der Waals surface area (Å²) in [6, 6.07) is 20.8. The second kappa shape index (κ2) is 9.67. The Morgan fingerprint density at radius 1 is 0.909 bits per heavy atom. The molecule has 1 aliphatic heterocycles. The lowest BCUT2D eigenvalue weighted by Gasteiger charge is -2.25. The second-order valence-corrected chi connectivity index (χ2v) is 11.3. The molecule has 170 valence electrons. The lowest BCUT2D eigenvalue weighted by atomic mass is 10.0. The van der Waals surface area contributed by atoms with E-state index in [0.717, 1.165) is 61.8 Å². The molecule has 0 saturated carbocycles. The number of nitrogens with zero attached hydrogens (tertiary/aromatic N) is 2. The molecular weight excluding hydrogens is 448 g/mol. The lowest BCUT2D eigenvalue weighted by molar-refractivity contribution is 0.295. The lowest BCUT2D eigenvalue weighted by Crippen LogP contribution is -2.29. The predicted molar refractivity (Wildman–Crippen MR) is 137 cm³/mol. The molecule has 0 aliphatic carbocycles. The summed E-state index contributed by atoms with van der Waals surface area (Å²) in [5.41, 5.74) is 3.33. The van der Waals surface area contributed by atoms with E-state index >= 15 is 0 Å². The van der Waals surface area contributed by atoms with Crippen LogP contribution in [-0.2, 0) is 16.4 Å². The molecule has 1 aliphatic rings.